The van der Waals surface area contributed by atoms with Crippen molar-refractivity contribution in [3.05, 3.63) is 22.6 Å². The number of rotatable bonds is 2. The van der Waals surface area contributed by atoms with Gasteiger partial charge in [0.1, 0.15) is 0 Å². The zero-order valence-electron chi connectivity index (χ0n) is 8.34. The highest BCUT2D eigenvalue weighted by Crippen LogP contribution is 2.20. The van der Waals surface area contributed by atoms with Crippen LogP contribution in [-0.2, 0) is 9.59 Å². The number of nitrogens with zero attached hydrogens (tertiary/aromatic N) is 2. The van der Waals surface area contributed by atoms with Crippen molar-refractivity contribution in [2.75, 3.05) is 11.4 Å². The molecule has 7 nitrogen and oxygen atoms in total. The Morgan fingerprint density at radius 3 is 2.88 bits per heavy atom. The van der Waals surface area contributed by atoms with Gasteiger partial charge in [-0.25, -0.2) is 4.98 Å². The predicted octanol–water partition coefficient (Wildman–Crippen LogP) is -1.39. The number of nitrogens with one attached hydrogen (secondary N) is 1. The van der Waals surface area contributed by atoms with Gasteiger partial charge >= 0.3 is 0 Å². The molecule has 0 saturated carbocycles. The monoisotopic (exact) mass is 222 g/mol. The maximum atomic E-state index is 11.6. The van der Waals surface area contributed by atoms with E-state index in [4.69, 9.17) is 5.73 Å². The highest BCUT2D eigenvalue weighted by atomic mass is 16.2. The van der Waals surface area contributed by atoms with E-state index in [9.17, 15) is 14.4 Å². The second-order valence-electron chi connectivity index (χ2n) is 3.57. The van der Waals surface area contributed by atoms with E-state index in [2.05, 4.69) is 9.97 Å². The van der Waals surface area contributed by atoms with Crippen molar-refractivity contribution in [3.63, 3.8) is 0 Å². The lowest BCUT2D eigenvalue weighted by Crippen LogP contribution is -2.30. The number of carbonyl (C=O) groups excluding carboxylic acids is 2. The van der Waals surface area contributed by atoms with E-state index >= 15 is 0 Å². The quantitative estimate of drug-likeness (QED) is 0.641. The molecule has 1 atom stereocenters. The standard InChI is InChI=1S/C9H10N4O3/c10-8(16)5-3-7(15)13(4-5)9-11-2-1-6(14)12-9/h1-2,5H,3-4H2,(H2,10,16)(H,11,12,14). The molecule has 1 aromatic heterocycles. The van der Waals surface area contributed by atoms with Crippen LogP contribution in [0, 0.1) is 5.92 Å². The van der Waals surface area contributed by atoms with E-state index in [-0.39, 0.29) is 30.4 Å². The number of aromatic nitrogens is 2. The molecule has 84 valence electrons. The van der Waals surface area contributed by atoms with Crippen molar-refractivity contribution in [3.8, 4) is 0 Å². The van der Waals surface area contributed by atoms with E-state index in [0.29, 0.717) is 0 Å². The summed E-state index contributed by atoms with van der Waals surface area (Å²) >= 11 is 0. The maximum absolute atomic E-state index is 11.6. The molecule has 7 heteroatoms. The van der Waals surface area contributed by atoms with Crippen molar-refractivity contribution < 1.29 is 9.59 Å². The SMILES string of the molecule is NC(=O)C1CC(=O)N(c2nccc(=O)[nH]2)C1. The molecular weight excluding hydrogens is 212 g/mol. The van der Waals surface area contributed by atoms with E-state index in [0.717, 1.165) is 0 Å². The molecule has 3 N–H and O–H groups in total. The summed E-state index contributed by atoms with van der Waals surface area (Å²) in [5, 5.41) is 0. The largest absolute Gasteiger partial charge is 0.369 e. The van der Waals surface area contributed by atoms with Crippen LogP contribution < -0.4 is 16.2 Å². The first-order valence-electron chi connectivity index (χ1n) is 4.73. The normalized spacial score (nSPS) is 20.1. The van der Waals surface area contributed by atoms with E-state index < -0.39 is 11.8 Å². The van der Waals surface area contributed by atoms with E-state index in [1.165, 1.54) is 17.2 Å². The van der Waals surface area contributed by atoms with Gasteiger partial charge in [0.05, 0.1) is 5.92 Å². The van der Waals surface area contributed by atoms with Crippen LogP contribution in [-0.4, -0.2) is 28.3 Å². The Kier molecular flexibility index (Phi) is 2.43. The van der Waals surface area contributed by atoms with Crippen molar-refractivity contribution >= 4 is 17.8 Å². The van der Waals surface area contributed by atoms with Crippen molar-refractivity contribution in [2.24, 2.45) is 11.7 Å². The summed E-state index contributed by atoms with van der Waals surface area (Å²) in [4.78, 5) is 41.1. The summed E-state index contributed by atoms with van der Waals surface area (Å²) in [5.74, 6) is -1.15. The van der Waals surface area contributed by atoms with Gasteiger partial charge in [0.25, 0.3) is 5.56 Å². The Bertz CT molecular complexity index is 496. The molecule has 0 bridgehead atoms. The second kappa shape index (κ2) is 3.76. The fourth-order valence-electron chi connectivity index (χ4n) is 1.60. The topological polar surface area (TPSA) is 109 Å². The molecule has 0 spiro atoms. The molecule has 2 heterocycles. The molecular formula is C9H10N4O3. The number of primary amides is 1. The summed E-state index contributed by atoms with van der Waals surface area (Å²) in [6.07, 6.45) is 1.37. The average Bonchev–Trinajstić information content (AvgIpc) is 2.60. The Labute approximate surface area is 90.3 Å². The highest BCUT2D eigenvalue weighted by molar-refractivity contribution is 5.98. The first kappa shape index (κ1) is 10.3. The Morgan fingerprint density at radius 2 is 2.31 bits per heavy atom. The van der Waals surface area contributed by atoms with Gasteiger partial charge in [0.2, 0.25) is 17.8 Å². The van der Waals surface area contributed by atoms with Gasteiger partial charge in [-0.3, -0.25) is 24.3 Å². The van der Waals surface area contributed by atoms with Gasteiger partial charge in [-0.15, -0.1) is 0 Å². The summed E-state index contributed by atoms with van der Waals surface area (Å²) in [5.41, 5.74) is 4.77. The van der Waals surface area contributed by atoms with Gasteiger partial charge in [-0.05, 0) is 0 Å². The molecule has 2 rings (SSSR count). The number of nitrogens with two attached hydrogens (primary N) is 1. The molecule has 0 aromatic carbocycles. The molecule has 1 aliphatic heterocycles. The van der Waals surface area contributed by atoms with Crippen LogP contribution in [0.25, 0.3) is 0 Å². The number of H-pyrrole nitrogens is 1. The summed E-state index contributed by atoms with van der Waals surface area (Å²) in [7, 11) is 0. The molecule has 1 aromatic rings. The first-order valence-corrected chi connectivity index (χ1v) is 4.73. The lowest BCUT2D eigenvalue weighted by Gasteiger charge is -2.13. The summed E-state index contributed by atoms with van der Waals surface area (Å²) in [6, 6.07) is 1.25. The zero-order chi connectivity index (χ0) is 11.7. The van der Waals surface area contributed by atoms with Gasteiger partial charge in [-0.2, -0.15) is 0 Å². The third kappa shape index (κ3) is 1.79. The molecule has 16 heavy (non-hydrogen) atoms. The van der Waals surface area contributed by atoms with Crippen LogP contribution in [0.2, 0.25) is 0 Å². The van der Waals surface area contributed by atoms with Crippen LogP contribution in [0.3, 0.4) is 0 Å². The molecule has 1 fully saturated rings. The van der Waals surface area contributed by atoms with Gasteiger partial charge in [0, 0.05) is 25.2 Å². The predicted molar refractivity (Wildman–Crippen MR) is 54.5 cm³/mol. The molecule has 0 radical (unpaired) electrons. The highest BCUT2D eigenvalue weighted by Gasteiger charge is 2.34. The number of aromatic amines is 1. The smallest absolute Gasteiger partial charge is 0.252 e. The maximum Gasteiger partial charge on any atom is 0.252 e. The molecule has 1 saturated heterocycles. The van der Waals surface area contributed by atoms with Crippen molar-refractivity contribution in [1.82, 2.24) is 9.97 Å². The number of amides is 2. The Hall–Kier alpha value is -2.18. The average molecular weight is 222 g/mol. The fraction of sp³-hybridized carbons (Fsp3) is 0.333. The minimum atomic E-state index is -0.519. The zero-order valence-corrected chi connectivity index (χ0v) is 8.34. The van der Waals surface area contributed by atoms with Crippen LogP contribution in [0.15, 0.2) is 17.1 Å². The van der Waals surface area contributed by atoms with Gasteiger partial charge in [0.15, 0.2) is 0 Å². The van der Waals surface area contributed by atoms with Crippen LogP contribution >= 0.6 is 0 Å². The van der Waals surface area contributed by atoms with Crippen LogP contribution in [0.4, 0.5) is 5.95 Å². The molecule has 1 aliphatic rings. The van der Waals surface area contributed by atoms with Crippen molar-refractivity contribution in [2.45, 2.75) is 6.42 Å². The minimum absolute atomic E-state index is 0.0634. The van der Waals surface area contributed by atoms with E-state index in [1.54, 1.807) is 0 Å². The second-order valence-corrected chi connectivity index (χ2v) is 3.57. The number of hydrogen-bond acceptors (Lipinski definition) is 4. The minimum Gasteiger partial charge on any atom is -0.369 e. The summed E-state index contributed by atoms with van der Waals surface area (Å²) in [6.45, 7) is 0.168. The number of anilines is 1. The van der Waals surface area contributed by atoms with Gasteiger partial charge in [-0.1, -0.05) is 0 Å². The molecule has 0 aliphatic carbocycles. The van der Waals surface area contributed by atoms with E-state index in [1.807, 2.05) is 0 Å². The molecule has 1 unspecified atom stereocenters. The lowest BCUT2D eigenvalue weighted by molar-refractivity contribution is -0.123. The Balaban J connectivity index is 2.26. The lowest BCUT2D eigenvalue weighted by atomic mass is 10.1. The third-order valence-corrected chi connectivity index (χ3v) is 2.44. The number of carbonyl (C=O) groups is 2. The third-order valence-electron chi connectivity index (χ3n) is 2.44. The Morgan fingerprint density at radius 1 is 1.56 bits per heavy atom. The number of hydrogen-bond donors (Lipinski definition) is 2. The molecule has 2 amide bonds. The fourth-order valence-corrected chi connectivity index (χ4v) is 1.60. The first-order chi connectivity index (χ1) is 7.58. The van der Waals surface area contributed by atoms with Crippen LogP contribution in [0.1, 0.15) is 6.42 Å². The van der Waals surface area contributed by atoms with Gasteiger partial charge < -0.3 is 5.73 Å². The van der Waals surface area contributed by atoms with Crippen molar-refractivity contribution in [1.29, 1.82) is 0 Å². The van der Waals surface area contributed by atoms with Crippen LogP contribution in [0.5, 0.6) is 0 Å². The summed E-state index contributed by atoms with van der Waals surface area (Å²) < 4.78 is 0.